The Balaban J connectivity index is 2.34. The molecule has 1 rings (SSSR count). The van der Waals surface area contributed by atoms with E-state index in [0.29, 0.717) is 13.0 Å². The lowest BCUT2D eigenvalue weighted by Crippen LogP contribution is -2.01. The Morgan fingerprint density at radius 2 is 1.81 bits per heavy atom. The van der Waals surface area contributed by atoms with Crippen LogP contribution in [0, 0.1) is 13.8 Å². The molecule has 2 nitrogen and oxygen atoms in total. The van der Waals surface area contributed by atoms with Gasteiger partial charge in [0, 0.05) is 6.42 Å². The summed E-state index contributed by atoms with van der Waals surface area (Å²) in [6.45, 7) is 6.43. The first-order chi connectivity index (χ1) is 7.61. The number of ketones is 1. The maximum atomic E-state index is 10.7. The Labute approximate surface area is 97.6 Å². The largest absolute Gasteiger partial charge is 0.493 e. The van der Waals surface area contributed by atoms with Crippen molar-refractivity contribution in [1.82, 2.24) is 0 Å². The molecule has 0 spiro atoms. The highest BCUT2D eigenvalue weighted by atomic mass is 16.5. The highest BCUT2D eigenvalue weighted by Crippen LogP contribution is 2.22. The van der Waals surface area contributed by atoms with Gasteiger partial charge in [0.05, 0.1) is 6.61 Å². The van der Waals surface area contributed by atoms with Gasteiger partial charge in [-0.3, -0.25) is 0 Å². The van der Waals surface area contributed by atoms with Crippen LogP contribution in [0.25, 0.3) is 0 Å². The van der Waals surface area contributed by atoms with Crippen LogP contribution < -0.4 is 4.74 Å². The molecular weight excluding hydrogens is 200 g/mol. The number of aryl methyl sites for hydroxylation is 2. The second kappa shape index (κ2) is 6.31. The van der Waals surface area contributed by atoms with Gasteiger partial charge in [-0.25, -0.2) is 0 Å². The van der Waals surface area contributed by atoms with Gasteiger partial charge < -0.3 is 9.53 Å². The highest BCUT2D eigenvalue weighted by molar-refractivity contribution is 5.75. The number of hydrogen-bond donors (Lipinski definition) is 0. The van der Waals surface area contributed by atoms with E-state index in [1.807, 2.05) is 6.07 Å². The Morgan fingerprint density at radius 1 is 1.19 bits per heavy atom. The van der Waals surface area contributed by atoms with E-state index in [-0.39, 0.29) is 5.78 Å². The summed E-state index contributed by atoms with van der Waals surface area (Å²) < 4.78 is 5.74. The molecule has 0 radical (unpaired) electrons. The zero-order chi connectivity index (χ0) is 12.0. The normalized spacial score (nSPS) is 10.2. The maximum absolute atomic E-state index is 10.7. The fraction of sp³-hybridized carbons (Fsp3) is 0.500. The molecule has 0 saturated carbocycles. The van der Waals surface area contributed by atoms with Crippen molar-refractivity contribution in [3.63, 3.8) is 0 Å². The monoisotopic (exact) mass is 220 g/mol. The van der Waals surface area contributed by atoms with Crippen molar-refractivity contribution in [1.29, 1.82) is 0 Å². The van der Waals surface area contributed by atoms with Gasteiger partial charge in [0.1, 0.15) is 11.5 Å². The van der Waals surface area contributed by atoms with Crippen molar-refractivity contribution in [3.05, 3.63) is 29.3 Å². The second-order valence-corrected chi connectivity index (χ2v) is 4.23. The van der Waals surface area contributed by atoms with Crippen LogP contribution in [0.4, 0.5) is 0 Å². The van der Waals surface area contributed by atoms with Crippen molar-refractivity contribution >= 4 is 5.78 Å². The number of para-hydroxylation sites is 1. The average Bonchev–Trinajstić information content (AvgIpc) is 2.21. The zero-order valence-corrected chi connectivity index (χ0v) is 10.4. The number of unbranched alkanes of at least 4 members (excludes halogenated alkanes) is 1. The van der Waals surface area contributed by atoms with Crippen molar-refractivity contribution in [2.45, 2.75) is 40.0 Å². The molecule has 0 aliphatic heterocycles. The molecule has 0 N–H and O–H groups in total. The molecule has 0 bridgehead atoms. The standard InChI is InChI=1S/C14H20O2/c1-11-7-6-8-12(2)14(11)16-10-5-4-9-13(3)15/h6-8H,4-5,9-10H2,1-3H3. The van der Waals surface area contributed by atoms with Gasteiger partial charge >= 0.3 is 0 Å². The molecule has 0 unspecified atom stereocenters. The topological polar surface area (TPSA) is 26.3 Å². The van der Waals surface area contributed by atoms with E-state index in [0.717, 1.165) is 18.6 Å². The van der Waals surface area contributed by atoms with Crippen LogP contribution in [0.1, 0.15) is 37.3 Å². The van der Waals surface area contributed by atoms with Crippen LogP contribution in [0.3, 0.4) is 0 Å². The van der Waals surface area contributed by atoms with Crippen LogP contribution in [-0.4, -0.2) is 12.4 Å². The quantitative estimate of drug-likeness (QED) is 0.686. The van der Waals surface area contributed by atoms with Crippen molar-refractivity contribution in [2.24, 2.45) is 0 Å². The first kappa shape index (κ1) is 12.8. The smallest absolute Gasteiger partial charge is 0.129 e. The third-order valence-corrected chi connectivity index (χ3v) is 2.58. The molecule has 2 heteroatoms. The summed E-state index contributed by atoms with van der Waals surface area (Å²) >= 11 is 0. The fourth-order valence-corrected chi connectivity index (χ4v) is 1.68. The minimum Gasteiger partial charge on any atom is -0.493 e. The minimum atomic E-state index is 0.257. The first-order valence-electron chi connectivity index (χ1n) is 5.79. The summed E-state index contributed by atoms with van der Waals surface area (Å²) in [5.41, 5.74) is 2.35. The van der Waals surface area contributed by atoms with Crippen LogP contribution in [0.2, 0.25) is 0 Å². The van der Waals surface area contributed by atoms with Gasteiger partial charge in [-0.1, -0.05) is 18.2 Å². The lowest BCUT2D eigenvalue weighted by Gasteiger charge is -2.11. The van der Waals surface area contributed by atoms with Crippen LogP contribution in [-0.2, 0) is 4.79 Å². The maximum Gasteiger partial charge on any atom is 0.129 e. The predicted molar refractivity (Wildman–Crippen MR) is 65.9 cm³/mol. The molecular formula is C14H20O2. The van der Waals surface area contributed by atoms with Gasteiger partial charge in [-0.05, 0) is 44.7 Å². The van der Waals surface area contributed by atoms with Crippen LogP contribution in [0.5, 0.6) is 5.75 Å². The van der Waals surface area contributed by atoms with Gasteiger partial charge in [0.2, 0.25) is 0 Å². The summed E-state index contributed by atoms with van der Waals surface area (Å²) in [5, 5.41) is 0. The molecule has 1 aromatic carbocycles. The molecule has 0 aliphatic rings. The second-order valence-electron chi connectivity index (χ2n) is 4.23. The molecule has 0 heterocycles. The van der Waals surface area contributed by atoms with E-state index in [1.165, 1.54) is 11.1 Å². The Kier molecular flexibility index (Phi) is 5.03. The van der Waals surface area contributed by atoms with E-state index in [4.69, 9.17) is 4.74 Å². The van der Waals surface area contributed by atoms with Crippen molar-refractivity contribution in [3.8, 4) is 5.75 Å². The number of Topliss-reactive ketones (excluding diaryl/α,β-unsaturated/α-hetero) is 1. The molecule has 0 amide bonds. The van der Waals surface area contributed by atoms with Gasteiger partial charge in [0.15, 0.2) is 0 Å². The number of benzene rings is 1. The zero-order valence-electron chi connectivity index (χ0n) is 10.4. The molecule has 1 aromatic rings. The summed E-state index contributed by atoms with van der Waals surface area (Å²) in [7, 11) is 0. The fourth-order valence-electron chi connectivity index (χ4n) is 1.68. The minimum absolute atomic E-state index is 0.257. The third-order valence-electron chi connectivity index (χ3n) is 2.58. The number of ether oxygens (including phenoxy) is 1. The Bertz CT molecular complexity index is 336. The molecule has 0 atom stereocenters. The summed E-state index contributed by atoms with van der Waals surface area (Å²) in [6, 6.07) is 6.14. The Hall–Kier alpha value is -1.31. The number of rotatable bonds is 6. The summed E-state index contributed by atoms with van der Waals surface area (Å²) in [5.74, 6) is 1.25. The lowest BCUT2D eigenvalue weighted by molar-refractivity contribution is -0.117. The summed E-state index contributed by atoms with van der Waals surface area (Å²) in [4.78, 5) is 10.7. The van der Waals surface area contributed by atoms with Crippen LogP contribution >= 0.6 is 0 Å². The first-order valence-corrected chi connectivity index (χ1v) is 5.79. The predicted octanol–water partition coefficient (Wildman–Crippen LogP) is 3.44. The summed E-state index contributed by atoms with van der Waals surface area (Å²) in [6.07, 6.45) is 2.52. The lowest BCUT2D eigenvalue weighted by atomic mass is 10.1. The molecule has 0 saturated heterocycles. The van der Waals surface area contributed by atoms with Gasteiger partial charge in [-0.2, -0.15) is 0 Å². The number of hydrogen-bond acceptors (Lipinski definition) is 2. The number of carbonyl (C=O) groups excluding carboxylic acids is 1. The highest BCUT2D eigenvalue weighted by Gasteiger charge is 2.02. The van der Waals surface area contributed by atoms with Crippen LogP contribution in [0.15, 0.2) is 18.2 Å². The van der Waals surface area contributed by atoms with Crippen molar-refractivity contribution in [2.75, 3.05) is 6.61 Å². The molecule has 16 heavy (non-hydrogen) atoms. The van der Waals surface area contributed by atoms with E-state index in [1.54, 1.807) is 6.92 Å². The van der Waals surface area contributed by atoms with Gasteiger partial charge in [0.25, 0.3) is 0 Å². The number of carbonyl (C=O) groups is 1. The molecule has 0 aliphatic carbocycles. The van der Waals surface area contributed by atoms with Crippen molar-refractivity contribution < 1.29 is 9.53 Å². The molecule has 0 aromatic heterocycles. The average molecular weight is 220 g/mol. The van der Waals surface area contributed by atoms with E-state index in [2.05, 4.69) is 26.0 Å². The molecule has 0 fully saturated rings. The van der Waals surface area contributed by atoms with E-state index in [9.17, 15) is 4.79 Å². The SMILES string of the molecule is CC(=O)CCCCOc1c(C)cccc1C. The van der Waals surface area contributed by atoms with E-state index >= 15 is 0 Å². The Morgan fingerprint density at radius 3 is 2.38 bits per heavy atom. The molecule has 88 valence electrons. The van der Waals surface area contributed by atoms with E-state index < -0.39 is 0 Å². The van der Waals surface area contributed by atoms with Gasteiger partial charge in [-0.15, -0.1) is 0 Å². The third kappa shape index (κ3) is 4.05.